The lowest BCUT2D eigenvalue weighted by molar-refractivity contribution is -0.120. The molecule has 2 rings (SSSR count). The molecule has 0 radical (unpaired) electrons. The summed E-state index contributed by atoms with van der Waals surface area (Å²) >= 11 is 0. The van der Waals surface area contributed by atoms with E-state index in [2.05, 4.69) is 20.6 Å². The number of carbonyl (C=O) groups is 2. The minimum Gasteiger partial charge on any atom is -0.359 e. The molecule has 0 aliphatic carbocycles. The van der Waals surface area contributed by atoms with Crippen molar-refractivity contribution in [2.75, 3.05) is 19.4 Å². The van der Waals surface area contributed by atoms with Crippen LogP contribution < -0.4 is 10.6 Å². The first-order valence-corrected chi connectivity index (χ1v) is 7.80. The normalized spacial score (nSPS) is 10.3. The summed E-state index contributed by atoms with van der Waals surface area (Å²) in [7, 11) is 3.32. The minimum absolute atomic E-state index is 0.0264. The highest BCUT2D eigenvalue weighted by Gasteiger charge is 2.13. The van der Waals surface area contributed by atoms with Crippen LogP contribution in [0.25, 0.3) is 0 Å². The van der Waals surface area contributed by atoms with Crippen LogP contribution >= 0.6 is 0 Å². The van der Waals surface area contributed by atoms with E-state index in [1.165, 1.54) is 0 Å². The van der Waals surface area contributed by atoms with Crippen LogP contribution in [-0.2, 0) is 17.8 Å². The van der Waals surface area contributed by atoms with Gasteiger partial charge in [-0.2, -0.15) is 0 Å². The second kappa shape index (κ2) is 8.14. The number of para-hydroxylation sites is 1. The predicted molar refractivity (Wildman–Crippen MR) is 92.6 cm³/mol. The summed E-state index contributed by atoms with van der Waals surface area (Å²) in [6, 6.07) is 7.27. The second-order valence-electron chi connectivity index (χ2n) is 5.63. The molecule has 0 bridgehead atoms. The molecule has 7 heteroatoms. The largest absolute Gasteiger partial charge is 0.359 e. The lowest BCUT2D eigenvalue weighted by atomic mass is 10.1. The third-order valence-corrected chi connectivity index (χ3v) is 3.65. The Morgan fingerprint density at radius 2 is 2.04 bits per heavy atom. The zero-order chi connectivity index (χ0) is 17.5. The van der Waals surface area contributed by atoms with Gasteiger partial charge in [-0.05, 0) is 25.0 Å². The number of benzene rings is 1. The summed E-state index contributed by atoms with van der Waals surface area (Å²) in [5.74, 6) is 0.708. The Bertz CT molecular complexity index is 711. The zero-order valence-corrected chi connectivity index (χ0v) is 14.2. The monoisotopic (exact) mass is 329 g/mol. The first-order chi connectivity index (χ1) is 11.5. The van der Waals surface area contributed by atoms with E-state index in [1.807, 2.05) is 31.2 Å². The number of nitrogens with zero attached hydrogens (tertiary/aromatic N) is 2. The van der Waals surface area contributed by atoms with Crippen molar-refractivity contribution in [3.8, 4) is 0 Å². The van der Waals surface area contributed by atoms with Gasteiger partial charge in [0.15, 0.2) is 0 Å². The molecule has 0 saturated heterocycles. The van der Waals surface area contributed by atoms with E-state index >= 15 is 0 Å². The number of nitrogens with one attached hydrogen (secondary N) is 3. The van der Waals surface area contributed by atoms with Crippen LogP contribution in [-0.4, -0.2) is 40.9 Å². The van der Waals surface area contributed by atoms with Crippen LogP contribution in [0.2, 0.25) is 0 Å². The number of carbonyl (C=O) groups excluding carboxylic acids is 2. The standard InChI is InChI=1S/C17H23N5O2/c1-12-10-19-15(20-12)11-22(3)17(24)21-14-7-5-4-6-13(14)8-9-16(23)18-2/h4-7,10H,8-9,11H2,1-3H3,(H,18,23)(H,19,20)(H,21,24). The van der Waals surface area contributed by atoms with Crippen LogP contribution in [0.4, 0.5) is 10.5 Å². The smallest absolute Gasteiger partial charge is 0.321 e. The Morgan fingerprint density at radius 3 is 2.71 bits per heavy atom. The number of amides is 3. The molecule has 1 heterocycles. The van der Waals surface area contributed by atoms with Crippen molar-refractivity contribution in [3.63, 3.8) is 0 Å². The van der Waals surface area contributed by atoms with Crippen LogP contribution in [0.3, 0.4) is 0 Å². The molecule has 1 aromatic heterocycles. The van der Waals surface area contributed by atoms with E-state index in [4.69, 9.17) is 0 Å². The van der Waals surface area contributed by atoms with Gasteiger partial charge in [0.2, 0.25) is 5.91 Å². The number of aromatic amines is 1. The van der Waals surface area contributed by atoms with Gasteiger partial charge in [0, 0.05) is 38.1 Å². The first kappa shape index (κ1) is 17.5. The Morgan fingerprint density at radius 1 is 1.29 bits per heavy atom. The van der Waals surface area contributed by atoms with Crippen molar-refractivity contribution in [2.24, 2.45) is 0 Å². The molecule has 0 spiro atoms. The number of hydrogen-bond donors (Lipinski definition) is 3. The minimum atomic E-state index is -0.226. The molecule has 0 aliphatic rings. The fraction of sp³-hybridized carbons (Fsp3) is 0.353. The molecule has 0 unspecified atom stereocenters. The Hall–Kier alpha value is -2.83. The molecule has 128 valence electrons. The van der Waals surface area contributed by atoms with E-state index in [0.717, 1.165) is 17.1 Å². The summed E-state index contributed by atoms with van der Waals surface area (Å²) in [6.07, 6.45) is 2.68. The molecule has 0 aliphatic heterocycles. The van der Waals surface area contributed by atoms with Crippen molar-refractivity contribution in [2.45, 2.75) is 26.3 Å². The van der Waals surface area contributed by atoms with E-state index in [9.17, 15) is 9.59 Å². The molecular formula is C17H23N5O2. The van der Waals surface area contributed by atoms with Crippen molar-refractivity contribution >= 4 is 17.6 Å². The lowest BCUT2D eigenvalue weighted by Gasteiger charge is -2.18. The van der Waals surface area contributed by atoms with Crippen LogP contribution in [0, 0.1) is 6.92 Å². The molecule has 3 amide bonds. The number of anilines is 1. The third kappa shape index (κ3) is 4.84. The number of rotatable bonds is 6. The molecule has 0 saturated carbocycles. The van der Waals surface area contributed by atoms with Crippen molar-refractivity contribution in [1.29, 1.82) is 0 Å². The number of aryl methyl sites for hydroxylation is 2. The molecule has 24 heavy (non-hydrogen) atoms. The van der Waals surface area contributed by atoms with Crippen LogP contribution in [0.15, 0.2) is 30.5 Å². The summed E-state index contributed by atoms with van der Waals surface area (Å²) in [4.78, 5) is 32.6. The van der Waals surface area contributed by atoms with Gasteiger partial charge in [-0.3, -0.25) is 4.79 Å². The summed E-state index contributed by atoms with van der Waals surface area (Å²) in [5, 5.41) is 5.49. The third-order valence-electron chi connectivity index (χ3n) is 3.65. The van der Waals surface area contributed by atoms with E-state index in [0.29, 0.717) is 25.1 Å². The Balaban J connectivity index is 1.98. The molecule has 1 aromatic carbocycles. The van der Waals surface area contributed by atoms with Gasteiger partial charge in [0.25, 0.3) is 0 Å². The topological polar surface area (TPSA) is 90.1 Å². The highest BCUT2D eigenvalue weighted by molar-refractivity contribution is 5.90. The number of hydrogen-bond acceptors (Lipinski definition) is 3. The molecule has 0 atom stereocenters. The highest BCUT2D eigenvalue weighted by atomic mass is 16.2. The van der Waals surface area contributed by atoms with Crippen LogP contribution in [0.1, 0.15) is 23.5 Å². The van der Waals surface area contributed by atoms with E-state index < -0.39 is 0 Å². The molecule has 0 fully saturated rings. The summed E-state index contributed by atoms with van der Waals surface area (Å²) in [6.45, 7) is 2.30. The van der Waals surface area contributed by atoms with Gasteiger partial charge >= 0.3 is 6.03 Å². The lowest BCUT2D eigenvalue weighted by Crippen LogP contribution is -2.31. The Labute approximate surface area is 141 Å². The SMILES string of the molecule is CNC(=O)CCc1ccccc1NC(=O)N(C)Cc1ncc(C)[nH]1. The fourth-order valence-electron chi connectivity index (χ4n) is 2.29. The van der Waals surface area contributed by atoms with Gasteiger partial charge < -0.3 is 20.5 Å². The van der Waals surface area contributed by atoms with Gasteiger partial charge in [-0.15, -0.1) is 0 Å². The summed E-state index contributed by atoms with van der Waals surface area (Å²) in [5.41, 5.74) is 2.60. The maximum Gasteiger partial charge on any atom is 0.321 e. The Kier molecular flexibility index (Phi) is 5.95. The average Bonchev–Trinajstić information content (AvgIpc) is 2.98. The average molecular weight is 329 g/mol. The molecule has 3 N–H and O–H groups in total. The first-order valence-electron chi connectivity index (χ1n) is 7.80. The second-order valence-corrected chi connectivity index (χ2v) is 5.63. The van der Waals surface area contributed by atoms with Crippen molar-refractivity contribution < 1.29 is 9.59 Å². The highest BCUT2D eigenvalue weighted by Crippen LogP contribution is 2.17. The summed E-state index contributed by atoms with van der Waals surface area (Å²) < 4.78 is 0. The predicted octanol–water partition coefficient (Wildman–Crippen LogP) is 2.06. The van der Waals surface area contributed by atoms with E-state index in [1.54, 1.807) is 25.2 Å². The number of aromatic nitrogens is 2. The maximum atomic E-state index is 12.4. The van der Waals surface area contributed by atoms with Gasteiger partial charge in [0.1, 0.15) is 5.82 Å². The molecular weight excluding hydrogens is 306 g/mol. The van der Waals surface area contributed by atoms with Gasteiger partial charge in [-0.25, -0.2) is 9.78 Å². The van der Waals surface area contributed by atoms with Gasteiger partial charge in [0.05, 0.1) is 6.54 Å². The molecule has 2 aromatic rings. The fourth-order valence-corrected chi connectivity index (χ4v) is 2.29. The molecule has 7 nitrogen and oxygen atoms in total. The zero-order valence-electron chi connectivity index (χ0n) is 14.2. The van der Waals surface area contributed by atoms with Gasteiger partial charge in [-0.1, -0.05) is 18.2 Å². The van der Waals surface area contributed by atoms with Crippen molar-refractivity contribution in [3.05, 3.63) is 47.5 Å². The van der Waals surface area contributed by atoms with Crippen LogP contribution in [0.5, 0.6) is 0 Å². The number of imidazole rings is 1. The number of urea groups is 1. The maximum absolute atomic E-state index is 12.4. The number of H-pyrrole nitrogens is 1. The quantitative estimate of drug-likeness (QED) is 0.758. The van der Waals surface area contributed by atoms with Crippen molar-refractivity contribution in [1.82, 2.24) is 20.2 Å². The van der Waals surface area contributed by atoms with E-state index in [-0.39, 0.29) is 11.9 Å².